The zero-order valence-electron chi connectivity index (χ0n) is 19.4. The summed E-state index contributed by atoms with van der Waals surface area (Å²) in [4.78, 5) is 31.3. The van der Waals surface area contributed by atoms with Gasteiger partial charge in [0.25, 0.3) is 5.56 Å². The van der Waals surface area contributed by atoms with Crippen LogP contribution in [-0.2, 0) is 6.18 Å². The van der Waals surface area contributed by atoms with Crippen LogP contribution in [0.5, 0.6) is 0 Å². The number of aromatic nitrogens is 2. The SMILES string of the molecule is C[C@@H](Nc1ccc(Cl)cc1C(=O)O)c1cc(C(F)(F)F)cn2c(=O)cc(N3CCC4(CC3)CC4)nc12. The van der Waals surface area contributed by atoms with Gasteiger partial charge >= 0.3 is 12.1 Å². The Labute approximate surface area is 209 Å². The Kier molecular flexibility index (Phi) is 5.89. The molecular weight excluding hydrogens is 497 g/mol. The van der Waals surface area contributed by atoms with Crippen molar-refractivity contribution in [2.75, 3.05) is 23.3 Å². The molecule has 0 bridgehead atoms. The number of carboxylic acids is 1. The average molecular weight is 521 g/mol. The first-order chi connectivity index (χ1) is 17.0. The van der Waals surface area contributed by atoms with Crippen LogP contribution in [0.15, 0.2) is 41.3 Å². The molecule has 11 heteroatoms. The van der Waals surface area contributed by atoms with Crippen LogP contribution in [0.2, 0.25) is 5.02 Å². The van der Waals surface area contributed by atoms with Crippen molar-refractivity contribution in [3.63, 3.8) is 0 Å². The van der Waals surface area contributed by atoms with Gasteiger partial charge in [-0.25, -0.2) is 9.78 Å². The van der Waals surface area contributed by atoms with Gasteiger partial charge in [0.2, 0.25) is 0 Å². The summed E-state index contributed by atoms with van der Waals surface area (Å²) in [6, 6.07) is 5.60. The number of fused-ring (bicyclic) bond motifs is 1. The number of carboxylic acid groups (broad SMARTS) is 1. The van der Waals surface area contributed by atoms with Gasteiger partial charge in [-0.2, -0.15) is 13.2 Å². The van der Waals surface area contributed by atoms with Crippen LogP contribution >= 0.6 is 11.6 Å². The van der Waals surface area contributed by atoms with Gasteiger partial charge in [-0.1, -0.05) is 11.6 Å². The largest absolute Gasteiger partial charge is 0.478 e. The number of hydrogen-bond donors (Lipinski definition) is 2. The summed E-state index contributed by atoms with van der Waals surface area (Å²) in [6.07, 6.45) is 0.487. The molecule has 7 nitrogen and oxygen atoms in total. The van der Waals surface area contributed by atoms with Gasteiger partial charge in [-0.05, 0) is 62.3 Å². The lowest BCUT2D eigenvalue weighted by Crippen LogP contribution is -2.36. The fourth-order valence-corrected chi connectivity index (χ4v) is 5.04. The Balaban J connectivity index is 1.59. The number of anilines is 2. The molecule has 3 aromatic rings. The van der Waals surface area contributed by atoms with Crippen LogP contribution in [0.1, 0.15) is 60.1 Å². The number of halogens is 4. The maximum atomic E-state index is 13.7. The highest BCUT2D eigenvalue weighted by Gasteiger charge is 2.44. The average Bonchev–Trinajstić information content (AvgIpc) is 3.57. The monoisotopic (exact) mass is 520 g/mol. The second-order valence-corrected chi connectivity index (χ2v) is 10.1. The van der Waals surface area contributed by atoms with E-state index in [9.17, 15) is 27.9 Å². The molecule has 1 atom stereocenters. The first-order valence-electron chi connectivity index (χ1n) is 11.6. The molecule has 1 aliphatic carbocycles. The first-order valence-corrected chi connectivity index (χ1v) is 12.0. The molecule has 2 aromatic heterocycles. The molecule has 36 heavy (non-hydrogen) atoms. The zero-order chi connectivity index (χ0) is 25.8. The molecule has 0 amide bonds. The third-order valence-electron chi connectivity index (χ3n) is 7.26. The predicted molar refractivity (Wildman–Crippen MR) is 130 cm³/mol. The highest BCUT2D eigenvalue weighted by molar-refractivity contribution is 6.31. The smallest absolute Gasteiger partial charge is 0.417 e. The molecule has 1 saturated carbocycles. The summed E-state index contributed by atoms with van der Waals surface area (Å²) in [7, 11) is 0. The van der Waals surface area contributed by atoms with Crippen molar-refractivity contribution in [1.29, 1.82) is 0 Å². The number of nitrogens with zero attached hydrogens (tertiary/aromatic N) is 3. The number of piperidine rings is 1. The lowest BCUT2D eigenvalue weighted by atomic mass is 9.94. The number of nitrogens with one attached hydrogen (secondary N) is 1. The minimum absolute atomic E-state index is 0.0862. The van der Waals surface area contributed by atoms with Gasteiger partial charge in [0.05, 0.1) is 17.2 Å². The third kappa shape index (κ3) is 4.61. The summed E-state index contributed by atoms with van der Waals surface area (Å²) in [5.41, 5.74) is -0.946. The Morgan fingerprint density at radius 3 is 2.47 bits per heavy atom. The Morgan fingerprint density at radius 2 is 1.86 bits per heavy atom. The van der Waals surface area contributed by atoms with Gasteiger partial charge in [-0.15, -0.1) is 0 Å². The van der Waals surface area contributed by atoms with E-state index in [0.29, 0.717) is 11.2 Å². The van der Waals surface area contributed by atoms with Gasteiger partial charge < -0.3 is 15.3 Å². The van der Waals surface area contributed by atoms with Gasteiger partial charge in [0.1, 0.15) is 11.5 Å². The Hall–Kier alpha value is -3.27. The normalized spacial score (nSPS) is 17.9. The lowest BCUT2D eigenvalue weighted by Gasteiger charge is -2.33. The Morgan fingerprint density at radius 1 is 1.17 bits per heavy atom. The van der Waals surface area contributed by atoms with E-state index in [4.69, 9.17) is 11.6 Å². The highest BCUT2D eigenvalue weighted by atomic mass is 35.5. The number of pyridine rings is 1. The number of benzene rings is 1. The van der Waals surface area contributed by atoms with Crippen molar-refractivity contribution in [1.82, 2.24) is 9.38 Å². The molecule has 1 aromatic carbocycles. The van der Waals surface area contributed by atoms with E-state index in [1.165, 1.54) is 37.1 Å². The Bertz CT molecular complexity index is 1410. The maximum absolute atomic E-state index is 13.7. The molecule has 1 spiro atoms. The number of carbonyl (C=O) groups is 1. The minimum atomic E-state index is -4.70. The molecular formula is C25H24ClF3N4O3. The third-order valence-corrected chi connectivity index (χ3v) is 7.49. The van der Waals surface area contributed by atoms with E-state index < -0.39 is 29.3 Å². The van der Waals surface area contributed by atoms with Crippen molar-refractivity contribution in [2.24, 2.45) is 5.41 Å². The van der Waals surface area contributed by atoms with Crippen LogP contribution in [-0.4, -0.2) is 33.6 Å². The summed E-state index contributed by atoms with van der Waals surface area (Å²) >= 11 is 5.92. The van der Waals surface area contributed by atoms with Crippen LogP contribution in [0.25, 0.3) is 5.65 Å². The van der Waals surface area contributed by atoms with Crippen LogP contribution in [0.4, 0.5) is 24.7 Å². The lowest BCUT2D eigenvalue weighted by molar-refractivity contribution is -0.137. The molecule has 1 aliphatic heterocycles. The minimum Gasteiger partial charge on any atom is -0.478 e. The molecule has 0 unspecified atom stereocenters. The van der Waals surface area contributed by atoms with Crippen LogP contribution in [0.3, 0.4) is 0 Å². The van der Waals surface area contributed by atoms with Crippen LogP contribution in [0, 0.1) is 5.41 Å². The van der Waals surface area contributed by atoms with E-state index in [2.05, 4.69) is 10.3 Å². The molecule has 1 saturated heterocycles. The summed E-state index contributed by atoms with van der Waals surface area (Å²) in [5, 5.41) is 12.7. The topological polar surface area (TPSA) is 86.9 Å². The summed E-state index contributed by atoms with van der Waals surface area (Å²) in [6.45, 7) is 3.06. The number of alkyl halides is 3. The molecule has 2 fully saturated rings. The second kappa shape index (κ2) is 8.69. The quantitative estimate of drug-likeness (QED) is 0.454. The maximum Gasteiger partial charge on any atom is 0.417 e. The summed E-state index contributed by atoms with van der Waals surface area (Å²) in [5.74, 6) is -0.808. The highest BCUT2D eigenvalue weighted by Crippen LogP contribution is 2.53. The van der Waals surface area contributed by atoms with E-state index >= 15 is 0 Å². The van der Waals surface area contributed by atoms with Crippen molar-refractivity contribution in [3.8, 4) is 0 Å². The second-order valence-electron chi connectivity index (χ2n) is 9.68. The van der Waals surface area contributed by atoms with Crippen molar-refractivity contribution < 1.29 is 23.1 Å². The predicted octanol–water partition coefficient (Wildman–Crippen LogP) is 5.62. The molecule has 5 rings (SSSR count). The molecule has 2 N–H and O–H groups in total. The van der Waals surface area contributed by atoms with Gasteiger partial charge in [0.15, 0.2) is 0 Å². The molecule has 2 aliphatic rings. The molecule has 3 heterocycles. The van der Waals surface area contributed by atoms with Crippen LogP contribution < -0.4 is 15.8 Å². The molecule has 190 valence electrons. The van der Waals surface area contributed by atoms with Crippen molar-refractivity contribution in [3.05, 3.63) is 68.6 Å². The zero-order valence-corrected chi connectivity index (χ0v) is 20.2. The van der Waals surface area contributed by atoms with Gasteiger partial charge in [0, 0.05) is 41.6 Å². The summed E-state index contributed by atoms with van der Waals surface area (Å²) < 4.78 is 42.1. The van der Waals surface area contributed by atoms with Crippen molar-refractivity contribution in [2.45, 2.75) is 44.8 Å². The fourth-order valence-electron chi connectivity index (χ4n) is 4.87. The fraction of sp³-hybridized carbons (Fsp3) is 0.400. The van der Waals surface area contributed by atoms with E-state index in [-0.39, 0.29) is 27.5 Å². The number of aromatic carboxylic acids is 1. The van der Waals surface area contributed by atoms with Crippen molar-refractivity contribution >= 4 is 34.7 Å². The standard InChI is InChI=1S/C25H24ClF3N4O3/c1-14(30-19-3-2-16(26)11-18(19)23(35)36)17-10-15(25(27,28)29)13-33-21(34)12-20(31-22(17)33)32-8-6-24(4-5-24)7-9-32/h2-3,10-14,30H,4-9H2,1H3,(H,35,36)/t14-/m1/s1. The van der Waals surface area contributed by atoms with E-state index in [0.717, 1.165) is 42.6 Å². The molecule has 0 radical (unpaired) electrons. The first kappa shape index (κ1) is 24.4. The number of hydrogen-bond acceptors (Lipinski definition) is 5. The number of rotatable bonds is 5. The van der Waals surface area contributed by atoms with E-state index in [1.807, 2.05) is 4.90 Å². The van der Waals surface area contributed by atoms with E-state index in [1.54, 1.807) is 6.92 Å². The van der Waals surface area contributed by atoms with Gasteiger partial charge in [-0.3, -0.25) is 9.20 Å².